The van der Waals surface area contributed by atoms with Crippen molar-refractivity contribution in [1.29, 1.82) is 0 Å². The molecule has 1 rings (SSSR count). The van der Waals surface area contributed by atoms with Crippen molar-refractivity contribution in [3.63, 3.8) is 0 Å². The summed E-state index contributed by atoms with van der Waals surface area (Å²) in [7, 11) is 0. The Morgan fingerprint density at radius 2 is 1.53 bits per heavy atom. The van der Waals surface area contributed by atoms with Crippen LogP contribution in [0, 0.1) is 0 Å². The molecule has 17 heavy (non-hydrogen) atoms. The average Bonchev–Trinajstić information content (AvgIpc) is 2.94. The molecule has 0 amide bonds. The van der Waals surface area contributed by atoms with E-state index in [1.807, 2.05) is 40.7 Å². The Balaban J connectivity index is 0. The van der Waals surface area contributed by atoms with E-state index in [2.05, 4.69) is 11.5 Å². The predicted molar refractivity (Wildman–Crippen MR) is 76.6 cm³/mol. The third-order valence-electron chi connectivity index (χ3n) is 2.28. The summed E-state index contributed by atoms with van der Waals surface area (Å²) in [5, 5.41) is 0. The molecule has 0 bridgehead atoms. The van der Waals surface area contributed by atoms with E-state index < -0.39 is 0 Å². The van der Waals surface area contributed by atoms with Crippen LogP contribution in [-0.4, -0.2) is 18.0 Å². The molecule has 0 atom stereocenters. The molecule has 0 N–H and O–H groups in total. The summed E-state index contributed by atoms with van der Waals surface area (Å²) < 4.78 is 12.7. The standard InChI is InChI=1S/C11H16FN.2C2H6/c1-3-11(12)7-6-10(2)13-8-4-5-9-13;2*1-2/h3,6-7H,1,4-5,8-9H2,2H3;2*1-2H3/b10-6+,11-7+;;. The van der Waals surface area contributed by atoms with Crippen LogP contribution < -0.4 is 0 Å². The first-order chi connectivity index (χ1) is 8.24. The van der Waals surface area contributed by atoms with Crippen molar-refractivity contribution in [3.05, 3.63) is 36.3 Å². The van der Waals surface area contributed by atoms with Crippen molar-refractivity contribution in [2.24, 2.45) is 0 Å². The Morgan fingerprint density at radius 1 is 1.06 bits per heavy atom. The molecule has 0 radical (unpaired) electrons. The van der Waals surface area contributed by atoms with E-state index in [9.17, 15) is 4.39 Å². The Bertz CT molecular complexity index is 235. The minimum absolute atomic E-state index is 0.279. The van der Waals surface area contributed by atoms with Crippen LogP contribution in [0.2, 0.25) is 0 Å². The van der Waals surface area contributed by atoms with Gasteiger partial charge >= 0.3 is 0 Å². The van der Waals surface area contributed by atoms with Gasteiger partial charge in [-0.05, 0) is 38.0 Å². The van der Waals surface area contributed by atoms with E-state index in [1.165, 1.54) is 25.0 Å². The van der Waals surface area contributed by atoms with Crippen LogP contribution in [0.4, 0.5) is 4.39 Å². The number of hydrogen-bond donors (Lipinski definition) is 0. The highest BCUT2D eigenvalue weighted by Gasteiger charge is 2.10. The van der Waals surface area contributed by atoms with Crippen molar-refractivity contribution in [1.82, 2.24) is 4.90 Å². The highest BCUT2D eigenvalue weighted by atomic mass is 19.1. The molecule has 0 aromatic carbocycles. The van der Waals surface area contributed by atoms with Gasteiger partial charge in [-0.25, -0.2) is 4.39 Å². The second-order valence-electron chi connectivity index (χ2n) is 3.26. The van der Waals surface area contributed by atoms with Gasteiger partial charge in [0, 0.05) is 18.8 Å². The molecule has 1 fully saturated rings. The Kier molecular flexibility index (Phi) is 14.0. The van der Waals surface area contributed by atoms with Gasteiger partial charge in [-0.3, -0.25) is 0 Å². The van der Waals surface area contributed by atoms with Gasteiger partial charge < -0.3 is 4.90 Å². The zero-order chi connectivity index (χ0) is 13.7. The summed E-state index contributed by atoms with van der Waals surface area (Å²) in [5.74, 6) is -0.279. The number of hydrogen-bond acceptors (Lipinski definition) is 1. The fourth-order valence-corrected chi connectivity index (χ4v) is 1.44. The normalized spacial score (nSPS) is 15.5. The molecular formula is C15H28FN. The van der Waals surface area contributed by atoms with Gasteiger partial charge in [-0.15, -0.1) is 0 Å². The molecular weight excluding hydrogens is 213 g/mol. The van der Waals surface area contributed by atoms with Gasteiger partial charge in [0.15, 0.2) is 0 Å². The summed E-state index contributed by atoms with van der Waals surface area (Å²) >= 11 is 0. The molecule has 1 saturated heterocycles. The lowest BCUT2D eigenvalue weighted by Crippen LogP contribution is -2.16. The van der Waals surface area contributed by atoms with E-state index >= 15 is 0 Å². The number of rotatable bonds is 3. The molecule has 0 aliphatic carbocycles. The molecule has 0 aromatic heterocycles. The number of nitrogens with zero attached hydrogens (tertiary/aromatic N) is 1. The third-order valence-corrected chi connectivity index (χ3v) is 2.28. The smallest absolute Gasteiger partial charge is 0.122 e. The van der Waals surface area contributed by atoms with Crippen LogP contribution >= 0.6 is 0 Å². The maximum absolute atomic E-state index is 12.7. The van der Waals surface area contributed by atoms with E-state index in [0.29, 0.717) is 0 Å². The summed E-state index contributed by atoms with van der Waals surface area (Å²) in [6, 6.07) is 0. The second-order valence-corrected chi connectivity index (χ2v) is 3.26. The molecule has 0 unspecified atom stereocenters. The minimum Gasteiger partial charge on any atom is -0.375 e. The summed E-state index contributed by atoms with van der Waals surface area (Å²) in [4.78, 5) is 2.27. The Labute approximate surface area is 107 Å². The molecule has 1 aliphatic rings. The lowest BCUT2D eigenvalue weighted by atomic mass is 10.3. The first kappa shape index (κ1) is 18.3. The summed E-state index contributed by atoms with van der Waals surface area (Å²) in [6.45, 7) is 15.6. The minimum atomic E-state index is -0.279. The van der Waals surface area contributed by atoms with Crippen LogP contribution in [0.5, 0.6) is 0 Å². The topological polar surface area (TPSA) is 3.24 Å². The second kappa shape index (κ2) is 13.0. The van der Waals surface area contributed by atoms with Crippen LogP contribution in [0.3, 0.4) is 0 Å². The maximum Gasteiger partial charge on any atom is 0.122 e. The van der Waals surface area contributed by atoms with Crippen molar-refractivity contribution < 1.29 is 4.39 Å². The highest BCUT2D eigenvalue weighted by molar-refractivity contribution is 5.18. The molecule has 2 heteroatoms. The summed E-state index contributed by atoms with van der Waals surface area (Å²) in [6.07, 6.45) is 6.98. The van der Waals surface area contributed by atoms with Gasteiger partial charge in [0.05, 0.1) is 0 Å². The average molecular weight is 241 g/mol. The first-order valence-electron chi connectivity index (χ1n) is 6.65. The molecule has 1 heterocycles. The van der Waals surface area contributed by atoms with Gasteiger partial charge in [-0.2, -0.15) is 0 Å². The van der Waals surface area contributed by atoms with Gasteiger partial charge in [0.2, 0.25) is 0 Å². The fourth-order valence-electron chi connectivity index (χ4n) is 1.44. The molecule has 0 spiro atoms. The molecule has 0 saturated carbocycles. The Morgan fingerprint density at radius 3 is 1.94 bits per heavy atom. The lowest BCUT2D eigenvalue weighted by molar-refractivity contribution is 0.427. The van der Waals surface area contributed by atoms with E-state index in [-0.39, 0.29) is 5.83 Å². The summed E-state index contributed by atoms with van der Waals surface area (Å²) in [5.41, 5.74) is 1.13. The highest BCUT2D eigenvalue weighted by Crippen LogP contribution is 2.14. The largest absolute Gasteiger partial charge is 0.375 e. The van der Waals surface area contributed by atoms with E-state index in [4.69, 9.17) is 0 Å². The predicted octanol–water partition coefficient (Wildman–Crippen LogP) is 5.08. The van der Waals surface area contributed by atoms with E-state index in [1.54, 1.807) is 0 Å². The van der Waals surface area contributed by atoms with Gasteiger partial charge in [0.1, 0.15) is 5.83 Å². The van der Waals surface area contributed by atoms with Gasteiger partial charge in [-0.1, -0.05) is 34.3 Å². The Hall–Kier alpha value is -1.05. The van der Waals surface area contributed by atoms with Crippen LogP contribution in [0.15, 0.2) is 36.3 Å². The number of likely N-dealkylation sites (tertiary alicyclic amines) is 1. The zero-order valence-corrected chi connectivity index (χ0v) is 12.1. The zero-order valence-electron chi connectivity index (χ0n) is 12.1. The monoisotopic (exact) mass is 241 g/mol. The number of allylic oxidation sites excluding steroid dienone is 5. The molecule has 0 aromatic rings. The van der Waals surface area contributed by atoms with Gasteiger partial charge in [0.25, 0.3) is 0 Å². The quantitative estimate of drug-likeness (QED) is 0.623. The fraction of sp³-hybridized carbons (Fsp3) is 0.600. The number of halogens is 1. The van der Waals surface area contributed by atoms with Crippen molar-refractivity contribution in [2.75, 3.05) is 13.1 Å². The van der Waals surface area contributed by atoms with Crippen LogP contribution in [-0.2, 0) is 0 Å². The SMILES string of the molecule is C=C/C(F)=C\C=C(/C)N1CCCC1.CC.CC. The van der Waals surface area contributed by atoms with Crippen molar-refractivity contribution in [2.45, 2.75) is 47.5 Å². The lowest BCUT2D eigenvalue weighted by Gasteiger charge is -2.17. The molecule has 1 aliphatic heterocycles. The first-order valence-corrected chi connectivity index (χ1v) is 6.65. The van der Waals surface area contributed by atoms with Crippen molar-refractivity contribution in [3.8, 4) is 0 Å². The molecule has 100 valence electrons. The molecule has 1 nitrogen and oxygen atoms in total. The van der Waals surface area contributed by atoms with Crippen LogP contribution in [0.25, 0.3) is 0 Å². The maximum atomic E-state index is 12.7. The third kappa shape index (κ3) is 8.73. The van der Waals surface area contributed by atoms with E-state index in [0.717, 1.165) is 18.8 Å². The van der Waals surface area contributed by atoms with Crippen molar-refractivity contribution >= 4 is 0 Å². The van der Waals surface area contributed by atoms with Crippen LogP contribution in [0.1, 0.15) is 47.5 Å².